The predicted molar refractivity (Wildman–Crippen MR) is 96.6 cm³/mol. The van der Waals surface area contributed by atoms with Crippen LogP contribution in [-0.4, -0.2) is 64.8 Å². The van der Waals surface area contributed by atoms with Gasteiger partial charge in [-0.05, 0) is 39.7 Å². The molecule has 1 aromatic heterocycles. The van der Waals surface area contributed by atoms with Crippen LogP contribution in [0.1, 0.15) is 46.2 Å². The summed E-state index contributed by atoms with van der Waals surface area (Å²) in [4.78, 5) is 14.4. The van der Waals surface area contributed by atoms with Crippen LogP contribution in [0.5, 0.6) is 0 Å². The van der Waals surface area contributed by atoms with Gasteiger partial charge in [-0.2, -0.15) is 0 Å². The average molecular weight is 369 g/mol. The van der Waals surface area contributed by atoms with Gasteiger partial charge < -0.3 is 19.5 Å². The number of aliphatic hydroxyl groups excluding tert-OH is 2. The van der Waals surface area contributed by atoms with Crippen molar-refractivity contribution in [2.75, 3.05) is 32.2 Å². The molecule has 26 heavy (non-hydrogen) atoms. The Kier molecular flexibility index (Phi) is 6.44. The maximum absolute atomic E-state index is 12.7. The van der Waals surface area contributed by atoms with Gasteiger partial charge in [0.25, 0.3) is 0 Å². The second-order valence-corrected chi connectivity index (χ2v) is 8.19. The minimum absolute atomic E-state index is 0.0851. The Morgan fingerprint density at radius 2 is 2.15 bits per heavy atom. The standard InChI is InChI=1S/C18H31N3O5/c1-17(2,11-22)13-9-14(26-20-13)19-16(24)18(3,4)21(5)15(23)8-12-6-7-25-10-12/h9,12,15,22-23H,6-8,10-11H2,1-5H3,(H,19,24)/t12-,15?/m1/s1. The highest BCUT2D eigenvalue weighted by Crippen LogP contribution is 2.26. The Bertz CT molecular complexity index is 608. The molecule has 0 spiro atoms. The molecule has 8 nitrogen and oxygen atoms in total. The first-order chi connectivity index (χ1) is 12.1. The number of nitrogens with one attached hydrogen (secondary N) is 1. The SMILES string of the molecule is CN(C(O)C[C@H]1CCOC1)C(C)(C)C(=O)Nc1cc(C(C)(C)CO)no1. The van der Waals surface area contributed by atoms with E-state index in [4.69, 9.17) is 9.26 Å². The van der Waals surface area contributed by atoms with Crippen LogP contribution in [0.2, 0.25) is 0 Å². The van der Waals surface area contributed by atoms with Gasteiger partial charge in [0.05, 0.1) is 17.8 Å². The number of likely N-dealkylation sites (N-methyl/N-ethyl adjacent to an activating group) is 1. The van der Waals surface area contributed by atoms with E-state index in [1.165, 1.54) is 0 Å². The molecule has 0 saturated carbocycles. The Hall–Kier alpha value is -1.48. The van der Waals surface area contributed by atoms with Crippen molar-refractivity contribution >= 4 is 11.8 Å². The summed E-state index contributed by atoms with van der Waals surface area (Å²) in [5.74, 6) is 0.210. The molecular weight excluding hydrogens is 338 g/mol. The third-order valence-corrected chi connectivity index (χ3v) is 5.29. The van der Waals surface area contributed by atoms with Gasteiger partial charge in [0.15, 0.2) is 0 Å². The van der Waals surface area contributed by atoms with Gasteiger partial charge in [0.2, 0.25) is 11.8 Å². The van der Waals surface area contributed by atoms with Crippen molar-refractivity contribution in [3.63, 3.8) is 0 Å². The number of ether oxygens (including phenoxy) is 1. The third kappa shape index (κ3) is 4.62. The Morgan fingerprint density at radius 3 is 2.73 bits per heavy atom. The normalized spacial score (nSPS) is 19.8. The summed E-state index contributed by atoms with van der Waals surface area (Å²) in [5.41, 5.74) is -0.959. The number of amides is 1. The Balaban J connectivity index is 2.00. The number of aliphatic hydroxyl groups is 2. The molecule has 1 saturated heterocycles. The maximum atomic E-state index is 12.7. The van der Waals surface area contributed by atoms with E-state index < -0.39 is 17.2 Å². The van der Waals surface area contributed by atoms with Crippen LogP contribution < -0.4 is 5.32 Å². The lowest BCUT2D eigenvalue weighted by Crippen LogP contribution is -2.55. The predicted octanol–water partition coefficient (Wildman–Crippen LogP) is 1.34. The molecule has 0 aliphatic carbocycles. The second kappa shape index (κ2) is 8.04. The molecule has 0 aromatic carbocycles. The first-order valence-electron chi connectivity index (χ1n) is 8.96. The summed E-state index contributed by atoms with van der Waals surface area (Å²) in [6.07, 6.45) is 0.740. The van der Waals surface area contributed by atoms with Crippen molar-refractivity contribution in [1.82, 2.24) is 10.1 Å². The number of carbonyl (C=O) groups excluding carboxylic acids is 1. The van der Waals surface area contributed by atoms with E-state index in [0.717, 1.165) is 13.0 Å². The average Bonchev–Trinajstić information content (AvgIpc) is 3.26. The fourth-order valence-corrected chi connectivity index (χ4v) is 2.76. The van der Waals surface area contributed by atoms with Crippen molar-refractivity contribution in [2.24, 2.45) is 5.92 Å². The second-order valence-electron chi connectivity index (χ2n) is 8.19. The first-order valence-corrected chi connectivity index (χ1v) is 8.96. The van der Waals surface area contributed by atoms with E-state index in [1.54, 1.807) is 31.9 Å². The van der Waals surface area contributed by atoms with Crippen LogP contribution in [-0.2, 0) is 14.9 Å². The van der Waals surface area contributed by atoms with Crippen LogP contribution in [0.3, 0.4) is 0 Å². The van der Waals surface area contributed by atoms with Gasteiger partial charge in [0, 0.05) is 24.7 Å². The summed E-state index contributed by atoms with van der Waals surface area (Å²) in [5, 5.41) is 26.5. The molecule has 2 heterocycles. The molecule has 1 amide bonds. The highest BCUT2D eigenvalue weighted by Gasteiger charge is 2.37. The molecule has 1 unspecified atom stereocenters. The lowest BCUT2D eigenvalue weighted by Gasteiger charge is -2.37. The lowest BCUT2D eigenvalue weighted by molar-refractivity contribution is -0.133. The first kappa shape index (κ1) is 20.8. The van der Waals surface area contributed by atoms with Crippen LogP contribution in [0.15, 0.2) is 10.6 Å². The molecule has 1 aliphatic rings. The lowest BCUT2D eigenvalue weighted by atomic mass is 9.91. The molecule has 148 valence electrons. The van der Waals surface area contributed by atoms with E-state index in [0.29, 0.717) is 24.6 Å². The van der Waals surface area contributed by atoms with Gasteiger partial charge in [-0.15, -0.1) is 0 Å². The van der Waals surface area contributed by atoms with Crippen molar-refractivity contribution in [3.05, 3.63) is 11.8 Å². The summed E-state index contributed by atoms with van der Waals surface area (Å²) in [6.45, 7) is 8.44. The fourth-order valence-electron chi connectivity index (χ4n) is 2.76. The quantitative estimate of drug-likeness (QED) is 0.593. The zero-order valence-electron chi connectivity index (χ0n) is 16.3. The number of rotatable bonds is 8. The van der Waals surface area contributed by atoms with E-state index in [2.05, 4.69) is 10.5 Å². The number of hydrogen-bond acceptors (Lipinski definition) is 7. The molecule has 3 N–H and O–H groups in total. The monoisotopic (exact) mass is 369 g/mol. The topological polar surface area (TPSA) is 108 Å². The van der Waals surface area contributed by atoms with E-state index in [1.807, 2.05) is 13.8 Å². The van der Waals surface area contributed by atoms with Crippen molar-refractivity contribution in [1.29, 1.82) is 0 Å². The van der Waals surface area contributed by atoms with Gasteiger partial charge in [0.1, 0.15) is 6.23 Å². The Morgan fingerprint density at radius 1 is 1.46 bits per heavy atom. The van der Waals surface area contributed by atoms with E-state index in [9.17, 15) is 15.0 Å². The fraction of sp³-hybridized carbons (Fsp3) is 0.778. The molecular formula is C18H31N3O5. The molecule has 0 bridgehead atoms. The molecule has 1 fully saturated rings. The molecule has 2 rings (SSSR count). The zero-order chi connectivity index (χ0) is 19.5. The molecule has 0 radical (unpaired) electrons. The maximum Gasteiger partial charge on any atom is 0.246 e. The highest BCUT2D eigenvalue weighted by atomic mass is 16.5. The van der Waals surface area contributed by atoms with Crippen molar-refractivity contribution in [2.45, 2.75) is 57.7 Å². The minimum Gasteiger partial charge on any atom is -0.395 e. The number of hydrogen-bond donors (Lipinski definition) is 3. The van der Waals surface area contributed by atoms with Crippen LogP contribution in [0, 0.1) is 5.92 Å². The summed E-state index contributed by atoms with van der Waals surface area (Å²) in [6, 6.07) is 1.61. The smallest absolute Gasteiger partial charge is 0.246 e. The summed E-state index contributed by atoms with van der Waals surface area (Å²) < 4.78 is 10.5. The largest absolute Gasteiger partial charge is 0.395 e. The van der Waals surface area contributed by atoms with Crippen LogP contribution in [0.25, 0.3) is 0 Å². The minimum atomic E-state index is -0.960. The van der Waals surface area contributed by atoms with Crippen LogP contribution in [0.4, 0.5) is 5.88 Å². The number of anilines is 1. The summed E-state index contributed by atoms with van der Waals surface area (Å²) >= 11 is 0. The molecule has 8 heteroatoms. The zero-order valence-corrected chi connectivity index (χ0v) is 16.3. The van der Waals surface area contributed by atoms with Gasteiger partial charge in [-0.25, -0.2) is 0 Å². The van der Waals surface area contributed by atoms with Crippen LogP contribution >= 0.6 is 0 Å². The van der Waals surface area contributed by atoms with E-state index >= 15 is 0 Å². The van der Waals surface area contributed by atoms with Gasteiger partial charge in [-0.3, -0.25) is 15.0 Å². The van der Waals surface area contributed by atoms with Crippen molar-refractivity contribution < 1.29 is 24.3 Å². The molecule has 1 aromatic rings. The molecule has 2 atom stereocenters. The summed E-state index contributed by atoms with van der Waals surface area (Å²) in [7, 11) is 1.72. The number of nitrogens with zero attached hydrogens (tertiary/aromatic N) is 2. The third-order valence-electron chi connectivity index (χ3n) is 5.29. The Labute approximate surface area is 154 Å². The highest BCUT2D eigenvalue weighted by molar-refractivity contribution is 5.96. The molecule has 1 aliphatic heterocycles. The van der Waals surface area contributed by atoms with E-state index in [-0.39, 0.29) is 18.4 Å². The number of aromatic nitrogens is 1. The number of carbonyl (C=O) groups is 1. The van der Waals surface area contributed by atoms with Gasteiger partial charge in [-0.1, -0.05) is 19.0 Å². The van der Waals surface area contributed by atoms with Gasteiger partial charge >= 0.3 is 0 Å². The van der Waals surface area contributed by atoms with Crippen molar-refractivity contribution in [3.8, 4) is 0 Å².